The molecule has 1 unspecified atom stereocenters. The van der Waals surface area contributed by atoms with Crippen LogP contribution in [-0.2, 0) is 0 Å². The number of nitrogens with one attached hydrogen (secondary N) is 1. The van der Waals surface area contributed by atoms with E-state index in [4.69, 9.17) is 14.5 Å². The Kier molecular flexibility index (Phi) is 6.18. The molecule has 156 valence electrons. The van der Waals surface area contributed by atoms with E-state index < -0.39 is 0 Å². The Labute approximate surface area is 183 Å². The number of rotatable bonds is 7. The van der Waals surface area contributed by atoms with Gasteiger partial charge in [0, 0.05) is 41.4 Å². The van der Waals surface area contributed by atoms with Crippen LogP contribution >= 0.6 is 0 Å². The largest absolute Gasteiger partial charge is 0.496 e. The fraction of sp³-hybridized carbons (Fsp3) is 0.148. The van der Waals surface area contributed by atoms with Gasteiger partial charge in [-0.25, -0.2) is 4.98 Å². The van der Waals surface area contributed by atoms with Crippen LogP contribution in [0.5, 0.6) is 17.2 Å². The normalized spacial score (nSPS) is 11.6. The molecule has 0 aliphatic carbocycles. The lowest BCUT2D eigenvalue weighted by atomic mass is 9.91. The summed E-state index contributed by atoms with van der Waals surface area (Å²) in [6, 6.07) is 28.2. The molecule has 1 N–H and O–H groups in total. The topological polar surface area (TPSA) is 43.4 Å². The first-order valence-electron chi connectivity index (χ1n) is 10.3. The first kappa shape index (κ1) is 20.5. The predicted octanol–water partition coefficient (Wildman–Crippen LogP) is 6.74. The van der Waals surface area contributed by atoms with E-state index in [9.17, 15) is 0 Å². The zero-order chi connectivity index (χ0) is 21.6. The van der Waals surface area contributed by atoms with E-state index in [0.29, 0.717) is 0 Å². The first-order chi connectivity index (χ1) is 15.2. The van der Waals surface area contributed by atoms with Gasteiger partial charge < -0.3 is 14.8 Å². The Morgan fingerprint density at radius 3 is 2.23 bits per heavy atom. The minimum absolute atomic E-state index is 0.0910. The molecule has 0 saturated carbocycles. The van der Waals surface area contributed by atoms with Crippen molar-refractivity contribution >= 4 is 5.82 Å². The molecular formula is C27H26N2O2. The Morgan fingerprint density at radius 1 is 0.806 bits per heavy atom. The summed E-state index contributed by atoms with van der Waals surface area (Å²) in [5.41, 5.74) is 4.21. The van der Waals surface area contributed by atoms with Crippen molar-refractivity contribution in [2.24, 2.45) is 0 Å². The van der Waals surface area contributed by atoms with Crippen LogP contribution in [0.25, 0.3) is 11.1 Å². The number of hydrogen-bond acceptors (Lipinski definition) is 4. The molecule has 31 heavy (non-hydrogen) atoms. The van der Waals surface area contributed by atoms with Crippen molar-refractivity contribution in [3.05, 3.63) is 102 Å². The maximum atomic E-state index is 6.18. The third kappa shape index (κ3) is 4.38. The van der Waals surface area contributed by atoms with Crippen molar-refractivity contribution in [3.63, 3.8) is 0 Å². The van der Waals surface area contributed by atoms with E-state index in [1.165, 1.54) is 0 Å². The quantitative estimate of drug-likeness (QED) is 0.366. The predicted molar refractivity (Wildman–Crippen MR) is 126 cm³/mol. The van der Waals surface area contributed by atoms with Crippen molar-refractivity contribution in [3.8, 4) is 28.4 Å². The number of ether oxygens (including phenoxy) is 2. The molecule has 4 rings (SSSR count). The van der Waals surface area contributed by atoms with Gasteiger partial charge in [-0.1, -0.05) is 61.5 Å². The highest BCUT2D eigenvalue weighted by Crippen LogP contribution is 2.38. The minimum Gasteiger partial charge on any atom is -0.496 e. The van der Waals surface area contributed by atoms with Crippen molar-refractivity contribution < 1.29 is 9.47 Å². The van der Waals surface area contributed by atoms with Crippen LogP contribution in [0.1, 0.15) is 24.0 Å². The molecule has 0 bridgehead atoms. The maximum absolute atomic E-state index is 6.18. The van der Waals surface area contributed by atoms with Crippen molar-refractivity contribution in [1.82, 2.24) is 4.98 Å². The smallest absolute Gasteiger partial charge is 0.135 e. The van der Waals surface area contributed by atoms with E-state index >= 15 is 0 Å². The number of para-hydroxylation sites is 3. The lowest BCUT2D eigenvalue weighted by molar-refractivity contribution is 0.408. The van der Waals surface area contributed by atoms with Gasteiger partial charge >= 0.3 is 0 Å². The first-order valence-corrected chi connectivity index (χ1v) is 10.3. The van der Waals surface area contributed by atoms with Gasteiger partial charge in [0.1, 0.15) is 23.1 Å². The van der Waals surface area contributed by atoms with E-state index in [1.54, 1.807) is 7.11 Å². The molecule has 4 nitrogen and oxygen atoms in total. The number of aromatic nitrogens is 1. The van der Waals surface area contributed by atoms with Gasteiger partial charge in [-0.3, -0.25) is 0 Å². The summed E-state index contributed by atoms with van der Waals surface area (Å²) in [4.78, 5) is 4.72. The summed E-state index contributed by atoms with van der Waals surface area (Å²) in [7, 11) is 3.60. The highest BCUT2D eigenvalue weighted by molar-refractivity contribution is 5.73. The summed E-state index contributed by atoms with van der Waals surface area (Å²) in [6.07, 6.45) is 1.89. The van der Waals surface area contributed by atoms with Gasteiger partial charge in [-0.05, 0) is 30.3 Å². The zero-order valence-corrected chi connectivity index (χ0v) is 18.0. The molecular weight excluding hydrogens is 384 g/mol. The highest BCUT2D eigenvalue weighted by atomic mass is 16.5. The molecule has 4 aromatic rings. The van der Waals surface area contributed by atoms with Crippen LogP contribution in [0.2, 0.25) is 0 Å². The van der Waals surface area contributed by atoms with Crippen molar-refractivity contribution in [2.75, 3.05) is 19.5 Å². The standard InChI is InChI=1S/C27H26N2O2/c1-19(22-13-7-9-15-25(22)30-3)24-17-20(18-29-27(24)28-2)23-14-8-10-16-26(23)31-21-11-5-4-6-12-21/h4-19H,1-3H3,(H,28,29). The van der Waals surface area contributed by atoms with Crippen molar-refractivity contribution in [2.45, 2.75) is 12.8 Å². The van der Waals surface area contributed by atoms with Crippen molar-refractivity contribution in [1.29, 1.82) is 0 Å². The third-order valence-electron chi connectivity index (χ3n) is 5.39. The van der Waals surface area contributed by atoms with Gasteiger partial charge in [0.25, 0.3) is 0 Å². The van der Waals surface area contributed by atoms with Gasteiger partial charge in [0.2, 0.25) is 0 Å². The van der Waals surface area contributed by atoms with Gasteiger partial charge in [0.15, 0.2) is 0 Å². The lowest BCUT2D eigenvalue weighted by Gasteiger charge is -2.20. The second-order valence-electron chi connectivity index (χ2n) is 7.29. The average molecular weight is 411 g/mol. The summed E-state index contributed by atoms with van der Waals surface area (Å²) < 4.78 is 11.8. The third-order valence-corrected chi connectivity index (χ3v) is 5.39. The summed E-state index contributed by atoms with van der Waals surface area (Å²) in [6.45, 7) is 2.17. The second kappa shape index (κ2) is 9.35. The molecule has 0 fully saturated rings. The number of nitrogens with zero attached hydrogens (tertiary/aromatic N) is 1. The fourth-order valence-electron chi connectivity index (χ4n) is 3.77. The summed E-state index contributed by atoms with van der Waals surface area (Å²) >= 11 is 0. The van der Waals surface area contributed by atoms with E-state index in [0.717, 1.165) is 45.3 Å². The zero-order valence-electron chi connectivity index (χ0n) is 18.0. The van der Waals surface area contributed by atoms with E-state index in [1.807, 2.05) is 80.0 Å². The molecule has 0 radical (unpaired) electrons. The Bertz CT molecular complexity index is 1160. The Hall–Kier alpha value is -3.79. The minimum atomic E-state index is 0.0910. The molecule has 4 heteroatoms. The molecule has 0 saturated heterocycles. The molecule has 0 amide bonds. The lowest BCUT2D eigenvalue weighted by Crippen LogP contribution is -2.05. The van der Waals surface area contributed by atoms with Crippen LogP contribution < -0.4 is 14.8 Å². The molecule has 1 heterocycles. The molecule has 3 aromatic carbocycles. The van der Waals surface area contributed by atoms with Crippen LogP contribution in [-0.4, -0.2) is 19.1 Å². The number of hydrogen-bond donors (Lipinski definition) is 1. The fourth-order valence-corrected chi connectivity index (χ4v) is 3.77. The summed E-state index contributed by atoms with van der Waals surface area (Å²) in [5.74, 6) is 3.41. The maximum Gasteiger partial charge on any atom is 0.135 e. The average Bonchev–Trinajstić information content (AvgIpc) is 2.84. The van der Waals surface area contributed by atoms with Gasteiger partial charge in [0.05, 0.1) is 7.11 Å². The Balaban J connectivity index is 1.77. The number of pyridine rings is 1. The molecule has 0 spiro atoms. The SMILES string of the molecule is CNc1ncc(-c2ccccc2Oc2ccccc2)cc1C(C)c1ccccc1OC. The molecule has 0 aliphatic heterocycles. The monoisotopic (exact) mass is 410 g/mol. The number of anilines is 1. The molecule has 1 atom stereocenters. The Morgan fingerprint density at radius 2 is 1.48 bits per heavy atom. The van der Waals surface area contributed by atoms with Crippen LogP contribution in [0.3, 0.4) is 0 Å². The van der Waals surface area contributed by atoms with E-state index in [-0.39, 0.29) is 5.92 Å². The second-order valence-corrected chi connectivity index (χ2v) is 7.29. The van der Waals surface area contributed by atoms with Gasteiger partial charge in [-0.15, -0.1) is 0 Å². The number of methoxy groups -OCH3 is 1. The van der Waals surface area contributed by atoms with Gasteiger partial charge in [-0.2, -0.15) is 0 Å². The van der Waals surface area contributed by atoms with E-state index in [2.05, 4.69) is 30.4 Å². The van der Waals surface area contributed by atoms with Crippen LogP contribution in [0.15, 0.2) is 91.1 Å². The van der Waals surface area contributed by atoms with Crippen LogP contribution in [0.4, 0.5) is 5.82 Å². The molecule has 0 aliphatic rings. The summed E-state index contributed by atoms with van der Waals surface area (Å²) in [5, 5.41) is 3.23. The highest BCUT2D eigenvalue weighted by Gasteiger charge is 2.19. The molecule has 1 aromatic heterocycles. The number of benzene rings is 3. The van der Waals surface area contributed by atoms with Crippen LogP contribution in [0, 0.1) is 0 Å².